The number of fused-ring (bicyclic) bond motifs is 1. The van der Waals surface area contributed by atoms with E-state index >= 15 is 0 Å². The van der Waals surface area contributed by atoms with Crippen LogP contribution in [0.5, 0.6) is 0 Å². The van der Waals surface area contributed by atoms with Gasteiger partial charge in [0.25, 0.3) is 5.91 Å². The summed E-state index contributed by atoms with van der Waals surface area (Å²) in [6.45, 7) is 1.14. The van der Waals surface area contributed by atoms with Crippen molar-refractivity contribution in [1.82, 2.24) is 25.0 Å². The first-order valence-electron chi connectivity index (χ1n) is 8.96. The van der Waals surface area contributed by atoms with Crippen LogP contribution in [-0.2, 0) is 6.54 Å². The van der Waals surface area contributed by atoms with Crippen molar-refractivity contribution in [2.45, 2.75) is 25.7 Å². The molecule has 0 fully saturated rings. The van der Waals surface area contributed by atoms with Crippen molar-refractivity contribution in [3.05, 3.63) is 47.2 Å². The maximum absolute atomic E-state index is 12.7. The van der Waals surface area contributed by atoms with Gasteiger partial charge in [0.15, 0.2) is 17.1 Å². The summed E-state index contributed by atoms with van der Waals surface area (Å²) in [6.07, 6.45) is -2.93. The quantitative estimate of drug-likeness (QED) is 0.356. The van der Waals surface area contributed by atoms with E-state index in [-0.39, 0.29) is 11.7 Å². The number of aryl methyl sites for hydroxylation is 1. The molecule has 3 aromatic heterocycles. The van der Waals surface area contributed by atoms with Crippen molar-refractivity contribution in [2.75, 3.05) is 10.6 Å². The normalized spacial score (nSPS) is 12.8. The number of nitrogens with one attached hydrogen (secondary N) is 3. The number of hydrogen-bond acceptors (Lipinski definition) is 7. The summed E-state index contributed by atoms with van der Waals surface area (Å²) >= 11 is 1.06. The molecular formula is C18H16F3N7O2S. The van der Waals surface area contributed by atoms with E-state index in [0.717, 1.165) is 32.5 Å². The van der Waals surface area contributed by atoms with E-state index in [9.17, 15) is 18.0 Å². The van der Waals surface area contributed by atoms with Crippen molar-refractivity contribution in [1.29, 1.82) is 0 Å². The highest BCUT2D eigenvalue weighted by molar-refractivity contribution is 7.17. The molecule has 0 radical (unpaired) electrons. The van der Waals surface area contributed by atoms with E-state index in [1.807, 2.05) is 19.1 Å². The molecule has 0 aliphatic carbocycles. The standard InChI is InChI=1S/C18H16F3N7O2S/c1-9-2-3-11-10(6-23-26-11)15(9)25-16(30)12-7-22-17(31-12)24-14-4-5-28(27-14)8-13(29)18(19,20)21/h2-7,13,29H,8H2,1H3,(H,23,26)(H,25,30)(H,22,24,27). The molecule has 1 amide bonds. The molecule has 0 bridgehead atoms. The molecule has 0 aliphatic rings. The molecule has 162 valence electrons. The predicted molar refractivity (Wildman–Crippen MR) is 108 cm³/mol. The zero-order chi connectivity index (χ0) is 22.2. The van der Waals surface area contributed by atoms with Gasteiger partial charge < -0.3 is 15.7 Å². The molecule has 0 spiro atoms. The van der Waals surface area contributed by atoms with Crippen LogP contribution in [0.25, 0.3) is 10.9 Å². The smallest absolute Gasteiger partial charge is 0.382 e. The predicted octanol–water partition coefficient (Wildman–Crippen LogP) is 3.44. The van der Waals surface area contributed by atoms with Gasteiger partial charge in [0.1, 0.15) is 4.88 Å². The molecule has 1 aromatic carbocycles. The Morgan fingerprint density at radius 2 is 2.13 bits per heavy atom. The number of anilines is 3. The fraction of sp³-hybridized carbons (Fsp3) is 0.222. The molecule has 3 heterocycles. The second-order valence-electron chi connectivity index (χ2n) is 6.68. The van der Waals surface area contributed by atoms with Crippen molar-refractivity contribution in [2.24, 2.45) is 0 Å². The van der Waals surface area contributed by atoms with Gasteiger partial charge in [-0.25, -0.2) is 4.98 Å². The Kier molecular flexibility index (Phi) is 5.37. The van der Waals surface area contributed by atoms with Crippen LogP contribution in [0.3, 0.4) is 0 Å². The van der Waals surface area contributed by atoms with Crippen LogP contribution in [0.2, 0.25) is 0 Å². The number of carbonyl (C=O) groups excluding carboxylic acids is 1. The first-order valence-corrected chi connectivity index (χ1v) is 9.77. The Balaban J connectivity index is 1.43. The van der Waals surface area contributed by atoms with Gasteiger partial charge in [-0.15, -0.1) is 0 Å². The van der Waals surface area contributed by atoms with Crippen LogP contribution in [0.15, 0.2) is 36.8 Å². The number of hydrogen-bond donors (Lipinski definition) is 4. The molecule has 9 nitrogen and oxygen atoms in total. The third-order valence-electron chi connectivity index (χ3n) is 4.41. The molecule has 4 aromatic rings. The molecular weight excluding hydrogens is 435 g/mol. The lowest BCUT2D eigenvalue weighted by Gasteiger charge is -2.13. The summed E-state index contributed by atoms with van der Waals surface area (Å²) in [4.78, 5) is 17.1. The van der Waals surface area contributed by atoms with Gasteiger partial charge in [0, 0.05) is 17.6 Å². The highest BCUT2D eigenvalue weighted by Gasteiger charge is 2.38. The Morgan fingerprint density at radius 1 is 1.32 bits per heavy atom. The Labute approximate surface area is 176 Å². The van der Waals surface area contributed by atoms with E-state index in [2.05, 4.69) is 30.9 Å². The van der Waals surface area contributed by atoms with E-state index in [0.29, 0.717) is 15.7 Å². The summed E-state index contributed by atoms with van der Waals surface area (Å²) in [5.41, 5.74) is 2.30. The van der Waals surface area contributed by atoms with Crippen LogP contribution in [0, 0.1) is 6.92 Å². The monoisotopic (exact) mass is 451 g/mol. The molecule has 0 saturated carbocycles. The summed E-state index contributed by atoms with van der Waals surface area (Å²) in [5, 5.41) is 26.7. The van der Waals surface area contributed by atoms with E-state index in [1.165, 1.54) is 18.5 Å². The maximum Gasteiger partial charge on any atom is 0.416 e. The number of alkyl halides is 3. The first kappa shape index (κ1) is 20.8. The average molecular weight is 451 g/mol. The van der Waals surface area contributed by atoms with Crippen molar-refractivity contribution < 1.29 is 23.1 Å². The van der Waals surface area contributed by atoms with Crippen LogP contribution >= 0.6 is 11.3 Å². The number of H-pyrrole nitrogens is 1. The van der Waals surface area contributed by atoms with Gasteiger partial charge in [0.05, 0.1) is 30.1 Å². The summed E-state index contributed by atoms with van der Waals surface area (Å²) in [5.74, 6) is -0.129. The molecule has 1 atom stereocenters. The zero-order valence-electron chi connectivity index (χ0n) is 15.9. The number of benzene rings is 1. The Bertz CT molecular complexity index is 1230. The zero-order valence-corrected chi connectivity index (χ0v) is 16.8. The fourth-order valence-corrected chi connectivity index (χ4v) is 3.54. The molecule has 4 N–H and O–H groups in total. The molecule has 0 aliphatic heterocycles. The summed E-state index contributed by atoms with van der Waals surface area (Å²) in [6, 6.07) is 5.17. The maximum atomic E-state index is 12.7. The first-order chi connectivity index (χ1) is 14.7. The largest absolute Gasteiger partial charge is 0.416 e. The number of amides is 1. The van der Waals surface area contributed by atoms with Gasteiger partial charge in [-0.1, -0.05) is 17.4 Å². The van der Waals surface area contributed by atoms with Gasteiger partial charge in [-0.3, -0.25) is 14.6 Å². The van der Waals surface area contributed by atoms with Crippen molar-refractivity contribution >= 4 is 44.8 Å². The summed E-state index contributed by atoms with van der Waals surface area (Å²) < 4.78 is 38.3. The molecule has 31 heavy (non-hydrogen) atoms. The number of rotatable bonds is 6. The van der Waals surface area contributed by atoms with Crippen LogP contribution < -0.4 is 10.6 Å². The van der Waals surface area contributed by atoms with Crippen LogP contribution in [0.4, 0.5) is 29.8 Å². The second kappa shape index (κ2) is 8.00. The number of thiazole rings is 1. The third-order valence-corrected chi connectivity index (χ3v) is 5.33. The second-order valence-corrected chi connectivity index (χ2v) is 7.71. The van der Waals surface area contributed by atoms with Gasteiger partial charge in [-0.2, -0.15) is 23.4 Å². The van der Waals surface area contributed by atoms with Crippen LogP contribution in [0.1, 0.15) is 15.2 Å². The molecule has 0 saturated heterocycles. The van der Waals surface area contributed by atoms with Gasteiger partial charge >= 0.3 is 6.18 Å². The minimum absolute atomic E-state index is 0.231. The van der Waals surface area contributed by atoms with E-state index in [1.54, 1.807) is 6.20 Å². The number of aliphatic hydroxyl groups excluding tert-OH is 1. The molecule has 1 unspecified atom stereocenters. The minimum atomic E-state index is -4.73. The highest BCUT2D eigenvalue weighted by Crippen LogP contribution is 2.28. The highest BCUT2D eigenvalue weighted by atomic mass is 32.1. The fourth-order valence-electron chi connectivity index (χ4n) is 2.82. The van der Waals surface area contributed by atoms with E-state index in [4.69, 9.17) is 5.11 Å². The number of aromatic amines is 1. The van der Waals surface area contributed by atoms with Gasteiger partial charge in [-0.05, 0) is 18.6 Å². The minimum Gasteiger partial charge on any atom is -0.382 e. The molecule has 13 heteroatoms. The lowest BCUT2D eigenvalue weighted by molar-refractivity contribution is -0.208. The number of aliphatic hydroxyl groups is 1. The Hall–Kier alpha value is -3.45. The SMILES string of the molecule is Cc1ccc2[nH]ncc2c1NC(=O)c1cnc(Nc2ccn(CC(O)C(F)(F)F)n2)s1. The number of halogens is 3. The Morgan fingerprint density at radius 3 is 2.90 bits per heavy atom. The summed E-state index contributed by atoms with van der Waals surface area (Å²) in [7, 11) is 0. The van der Waals surface area contributed by atoms with Crippen LogP contribution in [-0.4, -0.2) is 48.3 Å². The molecule has 4 rings (SSSR count). The van der Waals surface area contributed by atoms with Gasteiger partial charge in [0.2, 0.25) is 0 Å². The average Bonchev–Trinajstić information content (AvgIpc) is 3.44. The lowest BCUT2D eigenvalue weighted by atomic mass is 10.1. The third kappa shape index (κ3) is 4.51. The van der Waals surface area contributed by atoms with Crippen molar-refractivity contribution in [3.63, 3.8) is 0 Å². The number of nitrogens with zero attached hydrogens (tertiary/aromatic N) is 4. The van der Waals surface area contributed by atoms with Crippen molar-refractivity contribution in [3.8, 4) is 0 Å². The van der Waals surface area contributed by atoms with E-state index < -0.39 is 18.8 Å². The lowest BCUT2D eigenvalue weighted by Crippen LogP contribution is -2.32. The number of aromatic nitrogens is 5. The number of carbonyl (C=O) groups is 1. The topological polar surface area (TPSA) is 121 Å².